The number of alkyl halides is 3. The lowest BCUT2D eigenvalue weighted by Gasteiger charge is -2.11. The van der Waals surface area contributed by atoms with E-state index in [4.69, 9.17) is 0 Å². The maximum atomic E-state index is 12.1. The highest BCUT2D eigenvalue weighted by Gasteiger charge is 2.39. The highest BCUT2D eigenvalue weighted by Crippen LogP contribution is 2.15. The molecule has 0 bridgehead atoms. The summed E-state index contributed by atoms with van der Waals surface area (Å²) in [5.41, 5.74) is -1.79. The third-order valence-electron chi connectivity index (χ3n) is 2.16. The molecule has 6 nitrogen and oxygen atoms in total. The highest BCUT2D eigenvalue weighted by atomic mass is 19.4. The quantitative estimate of drug-likeness (QED) is 0.771. The van der Waals surface area contributed by atoms with Crippen molar-refractivity contribution in [1.82, 2.24) is 4.68 Å². The fourth-order valence-electron chi connectivity index (χ4n) is 1.35. The second-order valence-electron chi connectivity index (χ2n) is 3.44. The summed E-state index contributed by atoms with van der Waals surface area (Å²) in [5.74, 6) is -2.37. The van der Waals surface area contributed by atoms with Crippen LogP contribution in [-0.2, 0) is 4.79 Å². The van der Waals surface area contributed by atoms with Crippen LogP contribution in [0.4, 0.5) is 13.2 Å². The molecule has 0 fully saturated rings. The number of amides is 1. The van der Waals surface area contributed by atoms with Gasteiger partial charge in [0.1, 0.15) is 5.52 Å². The van der Waals surface area contributed by atoms with E-state index in [9.17, 15) is 27.6 Å². The van der Waals surface area contributed by atoms with Crippen LogP contribution in [0.25, 0.3) is 11.1 Å². The lowest BCUT2D eigenvalue weighted by atomic mass is 10.3. The fraction of sp³-hybridized carbons (Fsp3) is 0.100. The number of rotatable bonds is 1. The number of hydrogen-bond acceptors (Lipinski definition) is 4. The second kappa shape index (κ2) is 4.26. The third kappa shape index (κ3) is 2.34. The predicted octanol–water partition coefficient (Wildman–Crippen LogP) is 0.587. The average molecular weight is 274 g/mol. The molecule has 100 valence electrons. The molecule has 0 aliphatic heterocycles. The van der Waals surface area contributed by atoms with E-state index in [0.717, 1.165) is 0 Å². The smallest absolute Gasteiger partial charge is 0.417 e. The van der Waals surface area contributed by atoms with Gasteiger partial charge in [0.2, 0.25) is 0 Å². The Bertz CT molecular complexity index is 760. The van der Waals surface area contributed by atoms with Crippen LogP contribution in [0.1, 0.15) is 0 Å². The zero-order chi connectivity index (χ0) is 14.2. The molecule has 0 radical (unpaired) electrons. The van der Waals surface area contributed by atoms with E-state index in [2.05, 4.69) is 4.42 Å². The second-order valence-corrected chi connectivity index (χ2v) is 3.44. The van der Waals surface area contributed by atoms with Crippen LogP contribution >= 0.6 is 0 Å². The van der Waals surface area contributed by atoms with Crippen molar-refractivity contribution in [3.8, 4) is 0 Å². The summed E-state index contributed by atoms with van der Waals surface area (Å²) in [5, 5.41) is 0. The van der Waals surface area contributed by atoms with E-state index in [0.29, 0.717) is 0 Å². The van der Waals surface area contributed by atoms with Crippen LogP contribution in [0, 0.1) is 0 Å². The number of nitrogens with one attached hydrogen (secondary N) is 1. The largest absolute Gasteiger partial charge is 0.472 e. The van der Waals surface area contributed by atoms with Crippen molar-refractivity contribution in [2.75, 3.05) is 5.43 Å². The topological polar surface area (TPSA) is 81.3 Å². The molecule has 0 aliphatic carbocycles. The Kier molecular flexibility index (Phi) is 2.89. The molecule has 1 aromatic carbocycles. The van der Waals surface area contributed by atoms with Gasteiger partial charge in [-0.3, -0.25) is 15.0 Å². The molecule has 1 heterocycles. The summed E-state index contributed by atoms with van der Waals surface area (Å²) in [4.78, 5) is 33.4. The van der Waals surface area contributed by atoms with E-state index in [1.807, 2.05) is 0 Å². The Hall–Kier alpha value is -2.58. The van der Waals surface area contributed by atoms with E-state index in [-0.39, 0.29) is 15.8 Å². The first-order chi connectivity index (χ1) is 8.80. The number of halogens is 3. The Labute approximate surface area is 102 Å². The number of benzene rings is 1. The van der Waals surface area contributed by atoms with Crippen molar-refractivity contribution < 1.29 is 22.4 Å². The van der Waals surface area contributed by atoms with Gasteiger partial charge in [-0.25, -0.2) is 9.47 Å². The third-order valence-corrected chi connectivity index (χ3v) is 2.16. The van der Waals surface area contributed by atoms with Crippen LogP contribution in [0.3, 0.4) is 0 Å². The van der Waals surface area contributed by atoms with Crippen LogP contribution in [0.5, 0.6) is 0 Å². The van der Waals surface area contributed by atoms with Crippen LogP contribution in [0.2, 0.25) is 0 Å². The monoisotopic (exact) mass is 274 g/mol. The minimum Gasteiger partial charge on any atom is -0.417 e. The molecule has 0 saturated heterocycles. The molecule has 0 aliphatic rings. The van der Waals surface area contributed by atoms with Gasteiger partial charge in [0, 0.05) is 0 Å². The summed E-state index contributed by atoms with van der Waals surface area (Å²) >= 11 is 0. The minimum atomic E-state index is -5.18. The fourth-order valence-corrected chi connectivity index (χ4v) is 1.35. The highest BCUT2D eigenvalue weighted by molar-refractivity contribution is 5.90. The maximum absolute atomic E-state index is 12.1. The number of hydrogen-bond donors (Lipinski definition) is 1. The average Bonchev–Trinajstić information content (AvgIpc) is 2.33. The van der Waals surface area contributed by atoms with Gasteiger partial charge in [0.25, 0.3) is 0 Å². The number of carbonyl (C=O) groups excluding carboxylic acids is 1. The number of nitrogens with zero attached hydrogens (tertiary/aromatic N) is 1. The molecule has 2 rings (SSSR count). The van der Waals surface area contributed by atoms with Crippen molar-refractivity contribution >= 4 is 17.0 Å². The van der Waals surface area contributed by atoms with Gasteiger partial charge in [-0.05, 0) is 12.1 Å². The van der Waals surface area contributed by atoms with Gasteiger partial charge in [-0.2, -0.15) is 13.2 Å². The van der Waals surface area contributed by atoms with Crippen molar-refractivity contribution in [2.24, 2.45) is 0 Å². The molecule has 0 spiro atoms. The van der Waals surface area contributed by atoms with E-state index >= 15 is 0 Å². The molecule has 1 N–H and O–H groups in total. The van der Waals surface area contributed by atoms with Gasteiger partial charge in [-0.15, -0.1) is 0 Å². The maximum Gasteiger partial charge on any atom is 0.472 e. The normalized spacial score (nSPS) is 11.5. The van der Waals surface area contributed by atoms with Crippen LogP contribution < -0.4 is 16.6 Å². The molecule has 1 aromatic heterocycles. The first-order valence-corrected chi connectivity index (χ1v) is 4.84. The minimum absolute atomic E-state index is 0.130. The van der Waals surface area contributed by atoms with E-state index in [1.165, 1.54) is 29.7 Å². The van der Waals surface area contributed by atoms with Crippen LogP contribution in [0.15, 0.2) is 38.3 Å². The summed E-state index contributed by atoms with van der Waals surface area (Å²) < 4.78 is 41.2. The molecule has 2 aromatic rings. The number of para-hydroxylation sites is 2. The zero-order valence-corrected chi connectivity index (χ0v) is 9.02. The first-order valence-electron chi connectivity index (χ1n) is 4.84. The standard InChI is InChI=1S/C10H5F3N2O4/c11-10(12,13)9(18)14-15-5-3-1-2-4-6(5)19-8(17)7(15)16/h1-4H,(H,14,18). The van der Waals surface area contributed by atoms with Crippen molar-refractivity contribution in [3.63, 3.8) is 0 Å². The lowest BCUT2D eigenvalue weighted by molar-refractivity contribution is -0.168. The zero-order valence-electron chi connectivity index (χ0n) is 9.02. The number of aromatic nitrogens is 1. The molecule has 0 unspecified atom stereocenters. The van der Waals surface area contributed by atoms with Crippen LogP contribution in [-0.4, -0.2) is 16.8 Å². The van der Waals surface area contributed by atoms with Crippen molar-refractivity contribution in [1.29, 1.82) is 0 Å². The first kappa shape index (κ1) is 12.9. The Morgan fingerprint density at radius 1 is 1.21 bits per heavy atom. The Morgan fingerprint density at radius 3 is 2.47 bits per heavy atom. The van der Waals surface area contributed by atoms with Gasteiger partial charge < -0.3 is 4.42 Å². The molecular weight excluding hydrogens is 269 g/mol. The molecule has 1 amide bonds. The summed E-state index contributed by atoms with van der Waals surface area (Å²) in [6.07, 6.45) is -5.18. The van der Waals surface area contributed by atoms with E-state index in [1.54, 1.807) is 0 Å². The van der Waals surface area contributed by atoms with Gasteiger partial charge in [0.15, 0.2) is 5.58 Å². The molecule has 9 heteroatoms. The van der Waals surface area contributed by atoms with Crippen molar-refractivity contribution in [2.45, 2.75) is 6.18 Å². The van der Waals surface area contributed by atoms with Gasteiger partial charge >= 0.3 is 23.3 Å². The summed E-state index contributed by atoms with van der Waals surface area (Å²) in [7, 11) is 0. The Morgan fingerprint density at radius 2 is 1.84 bits per heavy atom. The SMILES string of the molecule is O=C(Nn1c(=O)c(=O)oc2ccccc21)C(F)(F)F. The molecule has 0 atom stereocenters. The predicted molar refractivity (Wildman–Crippen MR) is 57.2 cm³/mol. The van der Waals surface area contributed by atoms with Crippen molar-refractivity contribution in [3.05, 3.63) is 45.0 Å². The molecule has 0 saturated carbocycles. The number of fused-ring (bicyclic) bond motifs is 1. The van der Waals surface area contributed by atoms with Gasteiger partial charge in [0.05, 0.1) is 0 Å². The Balaban J connectivity index is 2.66. The lowest BCUT2D eigenvalue weighted by Crippen LogP contribution is -2.44. The summed E-state index contributed by atoms with van der Waals surface area (Å²) in [6.45, 7) is 0. The molecule has 19 heavy (non-hydrogen) atoms. The number of carbonyl (C=O) groups is 1. The van der Waals surface area contributed by atoms with Gasteiger partial charge in [-0.1, -0.05) is 12.1 Å². The van der Waals surface area contributed by atoms with E-state index < -0.39 is 23.3 Å². The summed E-state index contributed by atoms with van der Waals surface area (Å²) in [6, 6.07) is 5.34. The molecular formula is C10H5F3N2O4.